The van der Waals surface area contributed by atoms with E-state index >= 15 is 0 Å². The molecule has 5 heteroatoms. The molecule has 0 aliphatic carbocycles. The molecule has 1 aliphatic heterocycles. The van der Waals surface area contributed by atoms with E-state index in [1.54, 1.807) is 0 Å². The van der Waals surface area contributed by atoms with E-state index in [4.69, 9.17) is 4.42 Å². The van der Waals surface area contributed by atoms with Gasteiger partial charge in [0.05, 0.1) is 18.3 Å². The summed E-state index contributed by atoms with van der Waals surface area (Å²) in [5.41, 5.74) is 3.14. The van der Waals surface area contributed by atoms with Crippen molar-refractivity contribution in [3.8, 4) is 11.5 Å². The van der Waals surface area contributed by atoms with Gasteiger partial charge >= 0.3 is 0 Å². The number of ketones is 1. The van der Waals surface area contributed by atoms with Crippen molar-refractivity contribution in [2.45, 2.75) is 39.2 Å². The van der Waals surface area contributed by atoms with E-state index in [1.807, 2.05) is 19.1 Å². The zero-order valence-electron chi connectivity index (χ0n) is 14.4. The highest BCUT2D eigenvalue weighted by Crippen LogP contribution is 2.22. The molecule has 0 radical (unpaired) electrons. The Morgan fingerprint density at radius 3 is 3.04 bits per heavy atom. The van der Waals surface area contributed by atoms with Crippen molar-refractivity contribution >= 4 is 5.78 Å². The van der Waals surface area contributed by atoms with Crippen LogP contribution in [0.4, 0.5) is 0 Å². The van der Waals surface area contributed by atoms with Gasteiger partial charge in [-0.15, -0.1) is 0 Å². The minimum absolute atomic E-state index is 0.0409. The maximum absolute atomic E-state index is 12.0. The molecule has 2 N–H and O–H groups in total. The molecule has 128 valence electrons. The van der Waals surface area contributed by atoms with Gasteiger partial charge in [0, 0.05) is 18.5 Å². The number of Topliss-reactive ketones (excluding diaryl/α,β-unsaturated/α-hetero) is 1. The number of nitrogens with zero attached hydrogens (tertiary/aromatic N) is 1. The van der Waals surface area contributed by atoms with Crippen LogP contribution < -0.4 is 10.6 Å². The average molecular weight is 327 g/mol. The largest absolute Gasteiger partial charge is 0.441 e. The summed E-state index contributed by atoms with van der Waals surface area (Å²) >= 11 is 0. The zero-order valence-corrected chi connectivity index (χ0v) is 14.4. The van der Waals surface area contributed by atoms with Gasteiger partial charge in [-0.2, -0.15) is 0 Å². The molecule has 3 rings (SSSR count). The molecule has 1 aliphatic rings. The maximum atomic E-state index is 12.0. The van der Waals surface area contributed by atoms with Gasteiger partial charge in [0.1, 0.15) is 5.76 Å². The van der Waals surface area contributed by atoms with Crippen LogP contribution in [0.3, 0.4) is 0 Å². The minimum atomic E-state index is 0.0409. The molecule has 0 saturated carbocycles. The molecular weight excluding hydrogens is 302 g/mol. The lowest BCUT2D eigenvalue weighted by Gasteiger charge is -2.09. The molecule has 0 amide bonds. The number of aryl methyl sites for hydroxylation is 2. The lowest BCUT2D eigenvalue weighted by atomic mass is 10.1. The summed E-state index contributed by atoms with van der Waals surface area (Å²) in [5.74, 6) is 1.76. The molecule has 0 spiro atoms. The Morgan fingerprint density at radius 1 is 1.42 bits per heavy atom. The number of aromatic nitrogens is 1. The van der Waals surface area contributed by atoms with E-state index in [0.29, 0.717) is 12.4 Å². The lowest BCUT2D eigenvalue weighted by molar-refractivity contribution is -0.119. The Morgan fingerprint density at radius 2 is 2.29 bits per heavy atom. The predicted octanol–water partition coefficient (Wildman–Crippen LogP) is 2.41. The van der Waals surface area contributed by atoms with Crippen molar-refractivity contribution in [1.82, 2.24) is 15.6 Å². The number of nitrogens with one attached hydrogen (secondary N) is 2. The Balaban J connectivity index is 1.51. The van der Waals surface area contributed by atoms with E-state index in [0.717, 1.165) is 49.4 Å². The minimum Gasteiger partial charge on any atom is -0.441 e. The smallest absolute Gasteiger partial charge is 0.226 e. The van der Waals surface area contributed by atoms with Crippen molar-refractivity contribution in [2.75, 3.05) is 19.6 Å². The molecule has 2 heterocycles. The van der Waals surface area contributed by atoms with Crippen molar-refractivity contribution in [2.24, 2.45) is 0 Å². The standard InChI is InChI=1S/C19H25N3O2/c1-13-5-3-6-15(11-13)19-22-16(14(2)24-19)8-10-20-12-18(23)17-7-4-9-21-17/h3,5-6,11,17,20-21H,4,7-10,12H2,1-2H3/t17-/m0/s1. The van der Waals surface area contributed by atoms with Crippen molar-refractivity contribution < 1.29 is 9.21 Å². The fourth-order valence-corrected chi connectivity index (χ4v) is 3.06. The van der Waals surface area contributed by atoms with Gasteiger partial charge in [-0.1, -0.05) is 17.7 Å². The first kappa shape index (κ1) is 16.9. The molecule has 0 bridgehead atoms. The van der Waals surface area contributed by atoms with E-state index < -0.39 is 0 Å². The molecule has 0 unspecified atom stereocenters. The van der Waals surface area contributed by atoms with Crippen LogP contribution in [-0.4, -0.2) is 36.4 Å². The molecule has 1 saturated heterocycles. The Hall–Kier alpha value is -1.98. The van der Waals surface area contributed by atoms with E-state index in [-0.39, 0.29) is 11.8 Å². The summed E-state index contributed by atoms with van der Waals surface area (Å²) in [6, 6.07) is 8.18. The quantitative estimate of drug-likeness (QED) is 0.765. The number of rotatable bonds is 7. The van der Waals surface area contributed by atoms with Crippen LogP contribution in [0.1, 0.15) is 29.9 Å². The van der Waals surface area contributed by atoms with Crippen molar-refractivity contribution in [1.29, 1.82) is 0 Å². The third-order valence-corrected chi connectivity index (χ3v) is 4.44. The van der Waals surface area contributed by atoms with Gasteiger partial charge < -0.3 is 15.1 Å². The van der Waals surface area contributed by atoms with Crippen molar-refractivity contribution in [3.05, 3.63) is 41.3 Å². The Kier molecular flexibility index (Phi) is 5.43. The van der Waals surface area contributed by atoms with Gasteiger partial charge in [-0.3, -0.25) is 4.79 Å². The third kappa shape index (κ3) is 4.10. The average Bonchev–Trinajstić information content (AvgIpc) is 3.21. The van der Waals surface area contributed by atoms with Crippen molar-refractivity contribution in [3.63, 3.8) is 0 Å². The van der Waals surface area contributed by atoms with Crippen LogP contribution in [0.25, 0.3) is 11.5 Å². The van der Waals surface area contributed by atoms with E-state index in [9.17, 15) is 4.79 Å². The summed E-state index contributed by atoms with van der Waals surface area (Å²) in [6.45, 7) is 6.09. The highest BCUT2D eigenvalue weighted by Gasteiger charge is 2.21. The Labute approximate surface area is 142 Å². The first-order chi connectivity index (χ1) is 11.6. The first-order valence-electron chi connectivity index (χ1n) is 8.63. The van der Waals surface area contributed by atoms with Crippen LogP contribution >= 0.6 is 0 Å². The maximum Gasteiger partial charge on any atom is 0.226 e. The first-order valence-corrected chi connectivity index (χ1v) is 8.63. The second kappa shape index (κ2) is 7.73. The molecule has 1 aromatic heterocycles. The Bertz CT molecular complexity index is 702. The second-order valence-electron chi connectivity index (χ2n) is 6.43. The van der Waals surface area contributed by atoms with Gasteiger partial charge in [0.15, 0.2) is 5.78 Å². The predicted molar refractivity (Wildman–Crippen MR) is 94.0 cm³/mol. The lowest BCUT2D eigenvalue weighted by Crippen LogP contribution is -2.38. The number of carbonyl (C=O) groups is 1. The topological polar surface area (TPSA) is 67.2 Å². The van der Waals surface area contributed by atoms with E-state index in [1.165, 1.54) is 5.56 Å². The molecule has 1 atom stereocenters. The van der Waals surface area contributed by atoms with Gasteiger partial charge in [-0.25, -0.2) is 4.98 Å². The summed E-state index contributed by atoms with van der Waals surface area (Å²) in [6.07, 6.45) is 2.81. The van der Waals surface area contributed by atoms with Crippen LogP contribution in [0.15, 0.2) is 28.7 Å². The number of carbonyl (C=O) groups excluding carboxylic acids is 1. The molecule has 5 nitrogen and oxygen atoms in total. The molecule has 1 fully saturated rings. The fraction of sp³-hybridized carbons (Fsp3) is 0.474. The molecule has 1 aromatic carbocycles. The number of hydrogen-bond acceptors (Lipinski definition) is 5. The zero-order chi connectivity index (χ0) is 16.9. The normalized spacial score (nSPS) is 17.3. The van der Waals surface area contributed by atoms with Crippen LogP contribution in [-0.2, 0) is 11.2 Å². The number of benzene rings is 1. The SMILES string of the molecule is Cc1cccc(-c2nc(CCNCC(=O)[C@@H]3CCCN3)c(C)o2)c1. The summed E-state index contributed by atoms with van der Waals surface area (Å²) < 4.78 is 5.80. The van der Waals surface area contributed by atoms with Gasteiger partial charge in [0.25, 0.3) is 0 Å². The fourth-order valence-electron chi connectivity index (χ4n) is 3.06. The third-order valence-electron chi connectivity index (χ3n) is 4.44. The van der Waals surface area contributed by atoms with Crippen LogP contribution in [0.2, 0.25) is 0 Å². The highest BCUT2D eigenvalue weighted by atomic mass is 16.4. The monoisotopic (exact) mass is 327 g/mol. The second-order valence-corrected chi connectivity index (χ2v) is 6.43. The molecule has 2 aromatic rings. The van der Waals surface area contributed by atoms with E-state index in [2.05, 4.69) is 34.7 Å². The van der Waals surface area contributed by atoms with Gasteiger partial charge in [0.2, 0.25) is 5.89 Å². The van der Waals surface area contributed by atoms with Crippen LogP contribution in [0, 0.1) is 13.8 Å². The summed E-state index contributed by atoms with van der Waals surface area (Å²) in [5, 5.41) is 6.46. The number of oxazole rings is 1. The summed E-state index contributed by atoms with van der Waals surface area (Å²) in [4.78, 5) is 16.6. The number of hydrogen-bond donors (Lipinski definition) is 2. The van der Waals surface area contributed by atoms with Gasteiger partial charge in [-0.05, 0) is 45.4 Å². The van der Waals surface area contributed by atoms with Crippen LogP contribution in [0.5, 0.6) is 0 Å². The summed E-state index contributed by atoms with van der Waals surface area (Å²) in [7, 11) is 0. The highest BCUT2D eigenvalue weighted by molar-refractivity contribution is 5.86. The molecular formula is C19H25N3O2. The molecule has 24 heavy (non-hydrogen) atoms.